The van der Waals surface area contributed by atoms with Crippen LogP contribution in [0.3, 0.4) is 0 Å². The minimum Gasteiger partial charge on any atom is -0.437 e. The molecule has 6 aromatic rings. The van der Waals surface area contributed by atoms with Crippen molar-refractivity contribution in [2.45, 2.75) is 57.3 Å². The predicted molar refractivity (Wildman–Crippen MR) is 166 cm³/mol. The lowest BCUT2D eigenvalue weighted by atomic mass is 9.57. The molecule has 2 aliphatic rings. The summed E-state index contributed by atoms with van der Waals surface area (Å²) < 4.78 is 8.60. The third-order valence-corrected chi connectivity index (χ3v) is 10.1. The van der Waals surface area contributed by atoms with Crippen LogP contribution in [0.15, 0.2) is 95.7 Å². The number of fused-ring (bicyclic) bond motifs is 7. The normalized spacial score (nSPS) is 16.8. The molecule has 0 unspecified atom stereocenters. The van der Waals surface area contributed by atoms with Crippen LogP contribution in [-0.2, 0) is 17.9 Å². The second kappa shape index (κ2) is 8.63. The quantitative estimate of drug-likeness (QED) is 0.207. The summed E-state index contributed by atoms with van der Waals surface area (Å²) in [5, 5.41) is 2.17. The lowest BCUT2D eigenvalue weighted by molar-refractivity contribution is -0.660. The Kier molecular flexibility index (Phi) is 5.17. The van der Waals surface area contributed by atoms with Gasteiger partial charge >= 0.3 is 0 Å². The summed E-state index contributed by atoms with van der Waals surface area (Å²) >= 11 is 0. The molecule has 0 atom stereocenters. The maximum absolute atomic E-state index is 6.39. The van der Waals surface area contributed by atoms with Crippen LogP contribution in [0.4, 0.5) is 0 Å². The van der Waals surface area contributed by atoms with Crippen LogP contribution in [0.1, 0.15) is 67.3 Å². The Morgan fingerprint density at radius 3 is 2.34 bits per heavy atom. The molecule has 0 bridgehead atoms. The van der Waals surface area contributed by atoms with Gasteiger partial charge in [0.15, 0.2) is 11.8 Å². The van der Waals surface area contributed by atoms with Gasteiger partial charge in [0.2, 0.25) is 11.4 Å². The Balaban J connectivity index is 1.33. The van der Waals surface area contributed by atoms with Crippen molar-refractivity contribution in [2.24, 2.45) is 7.05 Å². The largest absolute Gasteiger partial charge is 0.437 e. The second-order valence-corrected chi connectivity index (χ2v) is 12.7. The molecule has 2 aliphatic carbocycles. The van der Waals surface area contributed by atoms with E-state index in [2.05, 4.69) is 116 Å². The molecule has 0 radical (unpaired) electrons. The lowest BCUT2D eigenvalue weighted by Crippen LogP contribution is -2.38. The van der Waals surface area contributed by atoms with Gasteiger partial charge in [-0.3, -0.25) is 0 Å². The second-order valence-electron chi connectivity index (χ2n) is 12.7. The number of hydrogen-bond donors (Lipinski definition) is 0. The van der Waals surface area contributed by atoms with E-state index in [0.29, 0.717) is 5.71 Å². The summed E-state index contributed by atoms with van der Waals surface area (Å²) in [5.74, 6) is 0. The molecule has 1 spiro atoms. The van der Waals surface area contributed by atoms with Gasteiger partial charge in [-0.05, 0) is 76.9 Å². The SMILES string of the molecule is Cc1ccc2c(oc3ncccc32)c1-c1cc(-c2ccc3c(c2)C2(CCCC2)c2ccccc2C3(C)C)cc[n+]1C. The molecule has 0 aliphatic heterocycles. The van der Waals surface area contributed by atoms with Crippen LogP contribution < -0.4 is 4.57 Å². The highest BCUT2D eigenvalue weighted by molar-refractivity contribution is 6.08. The van der Waals surface area contributed by atoms with Gasteiger partial charge in [0.05, 0.1) is 5.56 Å². The third kappa shape index (κ3) is 3.38. The molecule has 3 nitrogen and oxygen atoms in total. The molecule has 0 N–H and O–H groups in total. The standard InChI is InChI=1S/C38H35N2O/c1-24-13-15-27-28-10-9-20-39-36(28)41-35(27)34(24)33-23-26(17-21-40(33)4)25-14-16-30-32(22-25)38(18-7-8-19-38)31-12-6-5-11-29(31)37(30,2)3/h5-6,9-17,20-23H,7-8,18-19H2,1-4H3/q+1. The van der Waals surface area contributed by atoms with Crippen LogP contribution in [0, 0.1) is 6.92 Å². The minimum absolute atomic E-state index is 0.0192. The van der Waals surface area contributed by atoms with E-state index >= 15 is 0 Å². The first-order valence-corrected chi connectivity index (χ1v) is 14.9. The fourth-order valence-electron chi connectivity index (χ4n) is 8.01. The Labute approximate surface area is 241 Å². The van der Waals surface area contributed by atoms with Crippen LogP contribution in [0.2, 0.25) is 0 Å². The van der Waals surface area contributed by atoms with Crippen molar-refractivity contribution in [3.05, 3.63) is 119 Å². The smallest absolute Gasteiger partial charge is 0.227 e. The van der Waals surface area contributed by atoms with Crippen molar-refractivity contribution >= 4 is 22.1 Å². The van der Waals surface area contributed by atoms with E-state index in [4.69, 9.17) is 4.42 Å². The zero-order valence-electron chi connectivity index (χ0n) is 24.3. The van der Waals surface area contributed by atoms with Crippen LogP contribution in [0.5, 0.6) is 0 Å². The molecule has 3 heteroatoms. The number of furan rings is 1. The highest BCUT2D eigenvalue weighted by Gasteiger charge is 2.47. The monoisotopic (exact) mass is 535 g/mol. The first-order valence-electron chi connectivity index (χ1n) is 14.9. The van der Waals surface area contributed by atoms with E-state index in [1.165, 1.54) is 59.1 Å². The lowest BCUT2D eigenvalue weighted by Gasteiger charge is -2.46. The summed E-state index contributed by atoms with van der Waals surface area (Å²) in [5.41, 5.74) is 13.7. The van der Waals surface area contributed by atoms with Gasteiger partial charge in [0.25, 0.3) is 0 Å². The molecular formula is C38H35N2O+. The van der Waals surface area contributed by atoms with E-state index in [9.17, 15) is 0 Å². The first kappa shape index (κ1) is 24.5. The van der Waals surface area contributed by atoms with Crippen molar-refractivity contribution in [3.63, 3.8) is 0 Å². The molecule has 3 heterocycles. The van der Waals surface area contributed by atoms with Gasteiger partial charge in [-0.2, -0.15) is 0 Å². The van der Waals surface area contributed by atoms with Crippen molar-refractivity contribution in [3.8, 4) is 22.4 Å². The fourth-order valence-corrected chi connectivity index (χ4v) is 8.01. The molecule has 0 amide bonds. The zero-order valence-corrected chi connectivity index (χ0v) is 24.3. The topological polar surface area (TPSA) is 29.9 Å². The number of benzene rings is 3. The Morgan fingerprint density at radius 1 is 0.756 bits per heavy atom. The van der Waals surface area contributed by atoms with Gasteiger partial charge in [0, 0.05) is 39.9 Å². The number of nitrogens with zero attached hydrogens (tertiary/aromatic N) is 2. The Bertz CT molecular complexity index is 2010. The van der Waals surface area contributed by atoms with Crippen LogP contribution >= 0.6 is 0 Å². The van der Waals surface area contributed by atoms with Crippen molar-refractivity contribution in [1.29, 1.82) is 0 Å². The van der Waals surface area contributed by atoms with Crippen molar-refractivity contribution in [2.75, 3.05) is 0 Å². The third-order valence-electron chi connectivity index (χ3n) is 10.1. The van der Waals surface area contributed by atoms with Crippen molar-refractivity contribution < 1.29 is 8.98 Å². The number of aromatic nitrogens is 2. The maximum atomic E-state index is 6.39. The molecule has 0 saturated heterocycles. The van der Waals surface area contributed by atoms with E-state index < -0.39 is 0 Å². The molecule has 3 aromatic heterocycles. The van der Waals surface area contributed by atoms with E-state index in [-0.39, 0.29) is 10.8 Å². The predicted octanol–water partition coefficient (Wildman–Crippen LogP) is 8.95. The minimum atomic E-state index is -0.0192. The summed E-state index contributed by atoms with van der Waals surface area (Å²) in [6.45, 7) is 6.97. The van der Waals surface area contributed by atoms with Crippen LogP contribution in [0.25, 0.3) is 44.5 Å². The number of pyridine rings is 2. The number of aryl methyl sites for hydroxylation is 2. The summed E-state index contributed by atoms with van der Waals surface area (Å²) in [4.78, 5) is 4.50. The molecule has 202 valence electrons. The van der Waals surface area contributed by atoms with Gasteiger partial charge in [-0.25, -0.2) is 9.55 Å². The Hall–Kier alpha value is -4.24. The Morgan fingerprint density at radius 2 is 1.51 bits per heavy atom. The molecule has 3 aromatic carbocycles. The van der Waals surface area contributed by atoms with E-state index in [1.807, 2.05) is 6.07 Å². The first-order chi connectivity index (χ1) is 19.9. The summed E-state index contributed by atoms with van der Waals surface area (Å²) in [6.07, 6.45) is 9.02. The average Bonchev–Trinajstić information content (AvgIpc) is 3.63. The van der Waals surface area contributed by atoms with Crippen molar-refractivity contribution in [1.82, 2.24) is 4.98 Å². The van der Waals surface area contributed by atoms with Gasteiger partial charge < -0.3 is 4.42 Å². The summed E-state index contributed by atoms with van der Waals surface area (Å²) in [6, 6.07) is 29.5. The average molecular weight is 536 g/mol. The van der Waals surface area contributed by atoms with E-state index in [0.717, 1.165) is 27.6 Å². The molecular weight excluding hydrogens is 500 g/mol. The highest BCUT2D eigenvalue weighted by atomic mass is 16.3. The molecule has 8 rings (SSSR count). The maximum Gasteiger partial charge on any atom is 0.227 e. The van der Waals surface area contributed by atoms with Gasteiger partial charge in [-0.15, -0.1) is 0 Å². The number of hydrogen-bond acceptors (Lipinski definition) is 2. The molecule has 1 fully saturated rings. The fraction of sp³-hybridized carbons (Fsp3) is 0.263. The van der Waals surface area contributed by atoms with Gasteiger partial charge in [-0.1, -0.05) is 75.2 Å². The zero-order chi connectivity index (χ0) is 27.9. The van der Waals surface area contributed by atoms with E-state index in [1.54, 1.807) is 11.8 Å². The number of rotatable bonds is 2. The van der Waals surface area contributed by atoms with Crippen LogP contribution in [-0.4, -0.2) is 4.98 Å². The highest BCUT2D eigenvalue weighted by Crippen LogP contribution is 2.57. The summed E-state index contributed by atoms with van der Waals surface area (Å²) in [7, 11) is 2.12. The molecule has 1 saturated carbocycles. The molecule has 41 heavy (non-hydrogen) atoms. The van der Waals surface area contributed by atoms with Gasteiger partial charge in [0.1, 0.15) is 7.05 Å².